The first-order valence-electron chi connectivity index (χ1n) is 7.10. The molecule has 1 aliphatic carbocycles. The summed E-state index contributed by atoms with van der Waals surface area (Å²) in [6.07, 6.45) is 1.63. The van der Waals surface area contributed by atoms with E-state index in [2.05, 4.69) is 38.4 Å². The molecule has 1 atom stereocenters. The highest BCUT2D eigenvalue weighted by Gasteiger charge is 2.27. The quantitative estimate of drug-likeness (QED) is 0.723. The van der Waals surface area contributed by atoms with Gasteiger partial charge in [-0.15, -0.1) is 11.3 Å². The number of rotatable bonds is 2. The second-order valence-electron chi connectivity index (χ2n) is 5.54. The fraction of sp³-hybridized carbons (Fsp3) is 0.176. The van der Waals surface area contributed by atoms with E-state index in [1.807, 2.05) is 29.8 Å². The van der Waals surface area contributed by atoms with Crippen molar-refractivity contribution in [2.24, 2.45) is 5.92 Å². The zero-order valence-corrected chi connectivity index (χ0v) is 14.1. The van der Waals surface area contributed by atoms with Crippen LogP contribution < -0.4 is 5.32 Å². The molecule has 1 N–H and O–H groups in total. The van der Waals surface area contributed by atoms with Crippen LogP contribution in [0.2, 0.25) is 0 Å². The van der Waals surface area contributed by atoms with E-state index in [4.69, 9.17) is 0 Å². The fourth-order valence-corrected chi connectivity index (χ4v) is 4.07. The summed E-state index contributed by atoms with van der Waals surface area (Å²) in [5.74, 6) is 0.109. The maximum Gasteiger partial charge on any atom is 0.228 e. The summed E-state index contributed by atoms with van der Waals surface area (Å²) in [5, 5.41) is 3.04. The van der Waals surface area contributed by atoms with Gasteiger partial charge in [0, 0.05) is 16.1 Å². The molecule has 1 amide bonds. The molecule has 0 spiro atoms. The highest BCUT2D eigenvalue weighted by atomic mass is 79.9. The lowest BCUT2D eigenvalue weighted by Crippen LogP contribution is -2.23. The van der Waals surface area contributed by atoms with Crippen molar-refractivity contribution in [3.8, 4) is 0 Å². The van der Waals surface area contributed by atoms with Crippen molar-refractivity contribution >= 4 is 49.1 Å². The summed E-state index contributed by atoms with van der Waals surface area (Å²) in [6, 6.07) is 12.1. The molecule has 0 bridgehead atoms. The normalized spacial score (nSPS) is 16.7. The predicted octanol–water partition coefficient (Wildman–Crippen LogP) is 4.41. The Kier molecular flexibility index (Phi) is 3.47. The minimum atomic E-state index is 0.0152. The van der Waals surface area contributed by atoms with E-state index in [1.165, 1.54) is 11.1 Å². The lowest BCUT2D eigenvalue weighted by atomic mass is 10.1. The molecule has 5 heteroatoms. The number of benzene rings is 2. The first-order valence-corrected chi connectivity index (χ1v) is 8.78. The van der Waals surface area contributed by atoms with Gasteiger partial charge in [0.1, 0.15) is 0 Å². The van der Waals surface area contributed by atoms with E-state index in [0.29, 0.717) is 0 Å². The summed E-state index contributed by atoms with van der Waals surface area (Å²) in [6.45, 7) is 0. The van der Waals surface area contributed by atoms with Gasteiger partial charge in [-0.3, -0.25) is 4.79 Å². The second-order valence-corrected chi connectivity index (χ2v) is 7.34. The molecule has 1 unspecified atom stereocenters. The molecule has 1 heterocycles. The molecular weight excluding hydrogens is 360 g/mol. The van der Waals surface area contributed by atoms with Crippen LogP contribution in [0.5, 0.6) is 0 Å². The Morgan fingerprint density at radius 2 is 2.05 bits per heavy atom. The standard InChI is InChI=1S/C17H13BrN2OS/c18-13-2-1-10-5-12(6-11(10)7-13)17(21)20-14-3-4-15-16(8-14)22-9-19-15/h1-4,7-9,12H,5-6H2,(H,20,21). The van der Waals surface area contributed by atoms with Gasteiger partial charge in [0.2, 0.25) is 5.91 Å². The van der Waals surface area contributed by atoms with E-state index in [-0.39, 0.29) is 11.8 Å². The number of carbonyl (C=O) groups is 1. The average Bonchev–Trinajstić information content (AvgIpc) is 3.12. The number of aromatic nitrogens is 1. The van der Waals surface area contributed by atoms with Crippen LogP contribution in [0.4, 0.5) is 5.69 Å². The summed E-state index contributed by atoms with van der Waals surface area (Å²) in [4.78, 5) is 16.8. The van der Waals surface area contributed by atoms with Crippen molar-refractivity contribution in [2.75, 3.05) is 5.32 Å². The third kappa shape index (κ3) is 2.55. The van der Waals surface area contributed by atoms with Crippen LogP contribution in [0, 0.1) is 5.92 Å². The molecular formula is C17H13BrN2OS. The molecule has 1 aromatic heterocycles. The number of nitrogens with one attached hydrogen (secondary N) is 1. The van der Waals surface area contributed by atoms with Crippen LogP contribution in [0.25, 0.3) is 10.2 Å². The molecule has 0 aliphatic heterocycles. The van der Waals surface area contributed by atoms with Gasteiger partial charge < -0.3 is 5.32 Å². The number of nitrogens with zero attached hydrogens (tertiary/aromatic N) is 1. The average molecular weight is 373 g/mol. The number of carbonyl (C=O) groups excluding carboxylic acids is 1. The van der Waals surface area contributed by atoms with Crippen LogP contribution in [0.1, 0.15) is 11.1 Å². The molecule has 0 saturated carbocycles. The van der Waals surface area contributed by atoms with Crippen molar-refractivity contribution in [3.05, 3.63) is 57.5 Å². The van der Waals surface area contributed by atoms with E-state index >= 15 is 0 Å². The van der Waals surface area contributed by atoms with Gasteiger partial charge in [-0.05, 0) is 54.3 Å². The van der Waals surface area contributed by atoms with Gasteiger partial charge >= 0.3 is 0 Å². The first-order chi connectivity index (χ1) is 10.7. The Balaban J connectivity index is 1.51. The number of hydrogen-bond acceptors (Lipinski definition) is 3. The number of amides is 1. The molecule has 0 saturated heterocycles. The Labute approximate surface area is 140 Å². The summed E-state index contributed by atoms with van der Waals surface area (Å²) >= 11 is 5.07. The maximum atomic E-state index is 12.5. The van der Waals surface area contributed by atoms with Gasteiger partial charge in [0.25, 0.3) is 0 Å². The first kappa shape index (κ1) is 13.9. The van der Waals surface area contributed by atoms with Crippen molar-refractivity contribution in [2.45, 2.75) is 12.8 Å². The van der Waals surface area contributed by atoms with Crippen LogP contribution >= 0.6 is 27.3 Å². The van der Waals surface area contributed by atoms with Crippen molar-refractivity contribution in [1.29, 1.82) is 0 Å². The molecule has 3 nitrogen and oxygen atoms in total. The van der Waals surface area contributed by atoms with Gasteiger partial charge in [-0.25, -0.2) is 4.98 Å². The molecule has 22 heavy (non-hydrogen) atoms. The van der Waals surface area contributed by atoms with E-state index < -0.39 is 0 Å². The van der Waals surface area contributed by atoms with E-state index in [9.17, 15) is 4.79 Å². The predicted molar refractivity (Wildman–Crippen MR) is 93.3 cm³/mol. The van der Waals surface area contributed by atoms with Crippen LogP contribution in [-0.4, -0.2) is 10.9 Å². The lowest BCUT2D eigenvalue weighted by molar-refractivity contribution is -0.119. The molecule has 0 fully saturated rings. The molecule has 110 valence electrons. The minimum Gasteiger partial charge on any atom is -0.326 e. The van der Waals surface area contributed by atoms with Gasteiger partial charge in [0.05, 0.1) is 15.7 Å². The molecule has 2 aromatic carbocycles. The molecule has 0 radical (unpaired) electrons. The number of hydrogen-bond donors (Lipinski definition) is 1. The molecule has 3 aromatic rings. The number of thiazole rings is 1. The molecule has 1 aliphatic rings. The number of halogens is 1. The van der Waals surface area contributed by atoms with E-state index in [1.54, 1.807) is 11.3 Å². The Morgan fingerprint density at radius 3 is 2.95 bits per heavy atom. The SMILES string of the molecule is O=C(Nc1ccc2ncsc2c1)C1Cc2ccc(Br)cc2C1. The summed E-state index contributed by atoms with van der Waals surface area (Å²) in [5.41, 5.74) is 6.19. The second kappa shape index (κ2) is 5.48. The third-order valence-electron chi connectivity index (χ3n) is 4.07. The smallest absolute Gasteiger partial charge is 0.228 e. The Bertz CT molecular complexity index is 874. The largest absolute Gasteiger partial charge is 0.326 e. The van der Waals surface area contributed by atoms with Crippen molar-refractivity contribution < 1.29 is 4.79 Å². The molecule has 4 rings (SSSR count). The maximum absolute atomic E-state index is 12.5. The van der Waals surface area contributed by atoms with Crippen molar-refractivity contribution in [3.63, 3.8) is 0 Å². The van der Waals surface area contributed by atoms with Crippen LogP contribution in [0.3, 0.4) is 0 Å². The van der Waals surface area contributed by atoms with Gasteiger partial charge in [-0.1, -0.05) is 22.0 Å². The van der Waals surface area contributed by atoms with Crippen LogP contribution in [-0.2, 0) is 17.6 Å². The third-order valence-corrected chi connectivity index (χ3v) is 5.36. The van der Waals surface area contributed by atoms with Gasteiger partial charge in [-0.2, -0.15) is 0 Å². The monoisotopic (exact) mass is 372 g/mol. The van der Waals surface area contributed by atoms with Crippen molar-refractivity contribution in [1.82, 2.24) is 4.98 Å². The zero-order chi connectivity index (χ0) is 15.1. The number of anilines is 1. The Hall–Kier alpha value is -1.72. The van der Waals surface area contributed by atoms with E-state index in [0.717, 1.165) is 33.2 Å². The highest BCUT2D eigenvalue weighted by Crippen LogP contribution is 2.30. The topological polar surface area (TPSA) is 42.0 Å². The lowest BCUT2D eigenvalue weighted by Gasteiger charge is -2.10. The number of fused-ring (bicyclic) bond motifs is 2. The highest BCUT2D eigenvalue weighted by molar-refractivity contribution is 9.10. The summed E-state index contributed by atoms with van der Waals surface area (Å²) < 4.78 is 2.17. The van der Waals surface area contributed by atoms with Gasteiger partial charge in [0.15, 0.2) is 0 Å². The van der Waals surface area contributed by atoms with Crippen LogP contribution in [0.15, 0.2) is 46.4 Å². The fourth-order valence-electron chi connectivity index (χ4n) is 2.95. The minimum absolute atomic E-state index is 0.0152. The Morgan fingerprint density at radius 1 is 1.18 bits per heavy atom. The summed E-state index contributed by atoms with van der Waals surface area (Å²) in [7, 11) is 0. The zero-order valence-electron chi connectivity index (χ0n) is 11.7.